The molecule has 0 radical (unpaired) electrons. The number of nitro benzene ring substituents is 1. The molecular weight excluding hydrogens is 434 g/mol. The number of rotatable bonds is 5. The summed E-state index contributed by atoms with van der Waals surface area (Å²) in [6.45, 7) is 1.32. The van der Waals surface area contributed by atoms with Crippen molar-refractivity contribution in [3.8, 4) is 22.5 Å². The third-order valence-corrected chi connectivity index (χ3v) is 5.21. The van der Waals surface area contributed by atoms with E-state index in [-0.39, 0.29) is 50.3 Å². The van der Waals surface area contributed by atoms with E-state index in [9.17, 15) is 24.1 Å². The summed E-state index contributed by atoms with van der Waals surface area (Å²) in [5.74, 6) is -2.62. The summed E-state index contributed by atoms with van der Waals surface area (Å²) in [7, 11) is 1.34. The van der Waals surface area contributed by atoms with Crippen LogP contribution in [0.15, 0.2) is 59.0 Å². The molecule has 0 aliphatic heterocycles. The minimum absolute atomic E-state index is 0.0628. The molecule has 1 heterocycles. The van der Waals surface area contributed by atoms with Gasteiger partial charge in [0.2, 0.25) is 0 Å². The number of nitro groups is 1. The summed E-state index contributed by atoms with van der Waals surface area (Å²) >= 11 is 0. The quantitative estimate of drug-likeness (QED) is 0.245. The fourth-order valence-corrected chi connectivity index (χ4v) is 3.66. The molecule has 0 unspecified atom stereocenters. The fourth-order valence-electron chi connectivity index (χ4n) is 3.66. The van der Waals surface area contributed by atoms with Crippen LogP contribution in [0.2, 0.25) is 0 Å². The number of hydrogen-bond acceptors (Lipinski definition) is 5. The Bertz CT molecular complexity index is 1440. The van der Waals surface area contributed by atoms with E-state index >= 15 is 4.39 Å². The minimum Gasteiger partial charge on any atom is -0.455 e. The molecule has 33 heavy (non-hydrogen) atoms. The molecule has 0 atom stereocenters. The van der Waals surface area contributed by atoms with Gasteiger partial charge in [-0.3, -0.25) is 19.7 Å². The second-order valence-electron chi connectivity index (χ2n) is 7.24. The van der Waals surface area contributed by atoms with Crippen LogP contribution in [0, 0.1) is 21.7 Å². The van der Waals surface area contributed by atoms with Gasteiger partial charge in [-0.1, -0.05) is 18.2 Å². The molecule has 9 heteroatoms. The smallest absolute Gasteiger partial charge is 0.283 e. The average molecular weight is 450 g/mol. The van der Waals surface area contributed by atoms with Gasteiger partial charge in [-0.05, 0) is 42.8 Å². The zero-order valence-corrected chi connectivity index (χ0v) is 17.4. The summed E-state index contributed by atoms with van der Waals surface area (Å²) in [6, 6.07) is 11.8. The number of nitrogens with one attached hydrogen (secondary N) is 1. The van der Waals surface area contributed by atoms with Gasteiger partial charge in [-0.25, -0.2) is 8.78 Å². The van der Waals surface area contributed by atoms with Crippen molar-refractivity contribution >= 4 is 28.3 Å². The lowest BCUT2D eigenvalue weighted by Crippen LogP contribution is -2.18. The average Bonchev–Trinajstić information content (AvgIpc) is 3.18. The van der Waals surface area contributed by atoms with Gasteiger partial charge in [0.1, 0.15) is 23.0 Å². The summed E-state index contributed by atoms with van der Waals surface area (Å²) in [4.78, 5) is 35.6. The van der Waals surface area contributed by atoms with Crippen LogP contribution in [0.4, 0.5) is 14.5 Å². The van der Waals surface area contributed by atoms with Gasteiger partial charge in [0.25, 0.3) is 11.6 Å². The van der Waals surface area contributed by atoms with E-state index in [0.29, 0.717) is 0 Å². The Hall–Kier alpha value is -4.40. The second-order valence-corrected chi connectivity index (χ2v) is 7.24. The normalized spacial score (nSPS) is 10.9. The van der Waals surface area contributed by atoms with E-state index in [1.165, 1.54) is 50.4 Å². The third-order valence-electron chi connectivity index (χ3n) is 5.21. The van der Waals surface area contributed by atoms with E-state index in [1.54, 1.807) is 0 Å². The molecule has 4 aromatic rings. The Labute approximate surface area is 185 Å². The van der Waals surface area contributed by atoms with Gasteiger partial charge in [-0.15, -0.1) is 0 Å². The molecule has 0 aliphatic carbocycles. The maximum Gasteiger partial charge on any atom is 0.283 e. The first kappa shape index (κ1) is 21.8. The summed E-state index contributed by atoms with van der Waals surface area (Å²) in [5, 5.41) is 14.0. The number of hydrogen-bond donors (Lipinski definition) is 1. The maximum atomic E-state index is 16.0. The first-order chi connectivity index (χ1) is 15.7. The Balaban J connectivity index is 2.11. The van der Waals surface area contributed by atoms with Gasteiger partial charge >= 0.3 is 0 Å². The predicted molar refractivity (Wildman–Crippen MR) is 117 cm³/mol. The highest BCUT2D eigenvalue weighted by atomic mass is 19.1. The lowest BCUT2D eigenvalue weighted by molar-refractivity contribution is -0.384. The van der Waals surface area contributed by atoms with Gasteiger partial charge in [0.05, 0.1) is 27.5 Å². The Morgan fingerprint density at radius 1 is 1.03 bits per heavy atom. The highest BCUT2D eigenvalue weighted by molar-refractivity contribution is 6.13. The Kier molecular flexibility index (Phi) is 5.47. The molecule has 1 amide bonds. The Morgan fingerprint density at radius 3 is 2.33 bits per heavy atom. The number of Topliss-reactive ketones (excluding diaryl/α,β-unsaturated/α-hetero) is 1. The van der Waals surface area contributed by atoms with Crippen LogP contribution >= 0.6 is 0 Å². The molecule has 0 spiro atoms. The largest absolute Gasteiger partial charge is 0.455 e. The van der Waals surface area contributed by atoms with Crippen molar-refractivity contribution in [3.63, 3.8) is 0 Å². The first-order valence-electron chi connectivity index (χ1n) is 9.75. The van der Waals surface area contributed by atoms with Crippen LogP contribution in [0.25, 0.3) is 33.4 Å². The number of halogens is 2. The van der Waals surface area contributed by atoms with Crippen LogP contribution in [0.5, 0.6) is 0 Å². The molecule has 0 fully saturated rings. The van der Waals surface area contributed by atoms with Crippen LogP contribution in [-0.2, 0) is 0 Å². The summed E-state index contributed by atoms with van der Waals surface area (Å²) < 4.78 is 35.1. The van der Waals surface area contributed by atoms with Crippen molar-refractivity contribution in [3.05, 3.63) is 87.5 Å². The number of amides is 1. The van der Waals surface area contributed by atoms with Crippen LogP contribution in [0.3, 0.4) is 0 Å². The van der Waals surface area contributed by atoms with Crippen molar-refractivity contribution in [1.82, 2.24) is 5.32 Å². The van der Waals surface area contributed by atoms with Gasteiger partial charge < -0.3 is 9.73 Å². The summed E-state index contributed by atoms with van der Waals surface area (Å²) in [6.07, 6.45) is 0. The zero-order chi connectivity index (χ0) is 23.9. The maximum absolute atomic E-state index is 16.0. The second kappa shape index (κ2) is 8.27. The Morgan fingerprint density at radius 2 is 1.73 bits per heavy atom. The molecule has 4 rings (SSSR count). The van der Waals surface area contributed by atoms with Gasteiger partial charge in [0.15, 0.2) is 5.78 Å². The topological polar surface area (TPSA) is 102 Å². The number of fused-ring (bicyclic) bond motifs is 1. The van der Waals surface area contributed by atoms with E-state index in [0.717, 1.165) is 18.2 Å². The third kappa shape index (κ3) is 3.73. The molecule has 0 saturated carbocycles. The minimum atomic E-state index is -1.05. The first-order valence-corrected chi connectivity index (χ1v) is 9.75. The molecule has 1 aromatic heterocycles. The molecule has 3 aromatic carbocycles. The SMILES string of the molecule is CNC(=O)c1c(-c2ccc(F)cc2)oc2cc([N+](=O)[O-])c(-c3cccc(C(C)=O)c3)c(F)c12. The lowest BCUT2D eigenvalue weighted by Gasteiger charge is -2.08. The van der Waals surface area contributed by atoms with Crippen molar-refractivity contribution in [2.24, 2.45) is 0 Å². The summed E-state index contributed by atoms with van der Waals surface area (Å²) in [5.41, 5.74) is -0.753. The standard InChI is InChI=1S/C24H16F2N2O5/c1-12(29)14-4-3-5-15(10-14)19-17(28(31)32)11-18-20(22(19)26)21(24(30)27-2)23(33-18)13-6-8-16(25)9-7-13/h3-11H,1-2H3,(H,27,30). The van der Waals surface area contributed by atoms with Gasteiger partial charge in [-0.2, -0.15) is 0 Å². The van der Waals surface area contributed by atoms with E-state index in [2.05, 4.69) is 5.32 Å². The molecule has 0 aliphatic rings. The molecular formula is C24H16F2N2O5. The molecule has 1 N–H and O–H groups in total. The van der Waals surface area contributed by atoms with Crippen LogP contribution in [0.1, 0.15) is 27.6 Å². The number of furan rings is 1. The number of carbonyl (C=O) groups excluding carboxylic acids is 2. The number of ketones is 1. The molecule has 0 bridgehead atoms. The molecule has 0 saturated heterocycles. The van der Waals surface area contributed by atoms with Crippen molar-refractivity contribution in [1.29, 1.82) is 0 Å². The fraction of sp³-hybridized carbons (Fsp3) is 0.0833. The monoisotopic (exact) mass is 450 g/mol. The number of benzene rings is 3. The van der Waals surface area contributed by atoms with Crippen LogP contribution < -0.4 is 5.32 Å². The van der Waals surface area contributed by atoms with Gasteiger partial charge in [0, 0.05) is 18.2 Å². The van der Waals surface area contributed by atoms with E-state index < -0.39 is 28.2 Å². The number of nitrogens with zero attached hydrogens (tertiary/aromatic N) is 1. The van der Waals surface area contributed by atoms with E-state index in [1.807, 2.05) is 0 Å². The number of carbonyl (C=O) groups is 2. The lowest BCUT2D eigenvalue weighted by atomic mass is 9.96. The zero-order valence-electron chi connectivity index (χ0n) is 17.4. The van der Waals surface area contributed by atoms with Crippen molar-refractivity contribution in [2.45, 2.75) is 6.92 Å². The van der Waals surface area contributed by atoms with Crippen molar-refractivity contribution < 1.29 is 27.7 Å². The highest BCUT2D eigenvalue weighted by Crippen LogP contribution is 2.43. The van der Waals surface area contributed by atoms with Crippen LogP contribution in [-0.4, -0.2) is 23.7 Å². The van der Waals surface area contributed by atoms with E-state index in [4.69, 9.17) is 4.42 Å². The van der Waals surface area contributed by atoms with Crippen molar-refractivity contribution in [2.75, 3.05) is 7.05 Å². The predicted octanol–water partition coefficient (Wildman–Crippen LogP) is 5.52. The highest BCUT2D eigenvalue weighted by Gasteiger charge is 2.31. The molecule has 7 nitrogen and oxygen atoms in total. The molecule has 166 valence electrons.